The number of aryl methyl sites for hydroxylation is 2. The SMILES string of the molecule is CCn1nnc2cc(C(=O)OCC(=O)N(C)CC(=O)Nc3ccc(C)cc3)ccc21. The Hall–Kier alpha value is -3.75. The lowest BCUT2D eigenvalue weighted by molar-refractivity contribution is -0.136. The van der Waals surface area contributed by atoms with Crippen molar-refractivity contribution >= 4 is 34.5 Å². The van der Waals surface area contributed by atoms with Crippen LogP contribution < -0.4 is 5.32 Å². The summed E-state index contributed by atoms with van der Waals surface area (Å²) in [5, 5.41) is 10.7. The molecule has 1 heterocycles. The van der Waals surface area contributed by atoms with Crippen LogP contribution in [0.15, 0.2) is 42.5 Å². The molecule has 9 nitrogen and oxygen atoms in total. The third-order valence-corrected chi connectivity index (χ3v) is 4.52. The number of ether oxygens (including phenoxy) is 1. The number of hydrogen-bond acceptors (Lipinski definition) is 6. The molecule has 156 valence electrons. The van der Waals surface area contributed by atoms with Gasteiger partial charge >= 0.3 is 5.97 Å². The zero-order chi connectivity index (χ0) is 21.7. The number of carbonyl (C=O) groups is 3. The molecule has 1 N–H and O–H groups in total. The first-order chi connectivity index (χ1) is 14.4. The number of benzene rings is 2. The molecule has 0 spiro atoms. The zero-order valence-corrected chi connectivity index (χ0v) is 17.1. The summed E-state index contributed by atoms with van der Waals surface area (Å²) in [6.07, 6.45) is 0. The second-order valence-corrected chi connectivity index (χ2v) is 6.85. The van der Waals surface area contributed by atoms with Crippen LogP contribution in [0.3, 0.4) is 0 Å². The van der Waals surface area contributed by atoms with Crippen LogP contribution in [0.4, 0.5) is 5.69 Å². The maximum absolute atomic E-state index is 12.3. The molecule has 1 aromatic heterocycles. The fourth-order valence-electron chi connectivity index (χ4n) is 2.79. The molecule has 0 radical (unpaired) electrons. The van der Waals surface area contributed by atoms with E-state index in [1.54, 1.807) is 35.0 Å². The highest BCUT2D eigenvalue weighted by Gasteiger charge is 2.17. The number of carbonyl (C=O) groups excluding carboxylic acids is 3. The number of hydrogen-bond donors (Lipinski definition) is 1. The molecule has 0 fully saturated rings. The van der Waals surface area contributed by atoms with E-state index in [1.807, 2.05) is 26.0 Å². The molecule has 0 aliphatic heterocycles. The van der Waals surface area contributed by atoms with Crippen molar-refractivity contribution < 1.29 is 19.1 Å². The van der Waals surface area contributed by atoms with Crippen LogP contribution in [-0.4, -0.2) is 57.9 Å². The molecule has 0 aliphatic rings. The molecule has 0 saturated heterocycles. The predicted molar refractivity (Wildman–Crippen MR) is 111 cm³/mol. The number of nitrogens with one attached hydrogen (secondary N) is 1. The number of amides is 2. The predicted octanol–water partition coefficient (Wildman–Crippen LogP) is 2.01. The van der Waals surface area contributed by atoms with Crippen LogP contribution in [-0.2, 0) is 20.9 Å². The Balaban J connectivity index is 1.50. The minimum atomic E-state index is -0.645. The first-order valence-electron chi connectivity index (χ1n) is 9.48. The van der Waals surface area contributed by atoms with Crippen LogP contribution in [0.25, 0.3) is 11.0 Å². The van der Waals surface area contributed by atoms with Gasteiger partial charge in [-0.1, -0.05) is 22.9 Å². The van der Waals surface area contributed by atoms with E-state index in [1.165, 1.54) is 11.9 Å². The van der Waals surface area contributed by atoms with Crippen molar-refractivity contribution in [2.24, 2.45) is 0 Å². The molecule has 0 atom stereocenters. The third-order valence-electron chi connectivity index (χ3n) is 4.52. The van der Waals surface area contributed by atoms with Gasteiger partial charge in [0, 0.05) is 19.3 Å². The minimum absolute atomic E-state index is 0.156. The van der Waals surface area contributed by atoms with Crippen molar-refractivity contribution in [2.75, 3.05) is 25.5 Å². The summed E-state index contributed by atoms with van der Waals surface area (Å²) in [4.78, 5) is 37.8. The number of likely N-dealkylation sites (N-methyl/N-ethyl adjacent to an activating group) is 1. The van der Waals surface area contributed by atoms with E-state index >= 15 is 0 Å². The van der Waals surface area contributed by atoms with Gasteiger partial charge in [0.1, 0.15) is 5.52 Å². The van der Waals surface area contributed by atoms with Gasteiger partial charge in [-0.15, -0.1) is 5.10 Å². The van der Waals surface area contributed by atoms with Gasteiger partial charge in [0.25, 0.3) is 5.91 Å². The van der Waals surface area contributed by atoms with Crippen molar-refractivity contribution in [3.63, 3.8) is 0 Å². The average Bonchev–Trinajstić information content (AvgIpc) is 3.15. The monoisotopic (exact) mass is 409 g/mol. The fraction of sp³-hybridized carbons (Fsp3) is 0.286. The van der Waals surface area contributed by atoms with Crippen molar-refractivity contribution in [3.05, 3.63) is 53.6 Å². The maximum atomic E-state index is 12.3. The van der Waals surface area contributed by atoms with Crippen molar-refractivity contribution in [3.8, 4) is 0 Å². The normalized spacial score (nSPS) is 10.6. The highest BCUT2D eigenvalue weighted by Crippen LogP contribution is 2.14. The largest absolute Gasteiger partial charge is 0.452 e. The Morgan fingerprint density at radius 1 is 1.13 bits per heavy atom. The summed E-state index contributed by atoms with van der Waals surface area (Å²) >= 11 is 0. The first kappa shape index (κ1) is 21.0. The molecule has 0 saturated carbocycles. The van der Waals surface area contributed by atoms with Gasteiger partial charge in [0.2, 0.25) is 5.91 Å². The van der Waals surface area contributed by atoms with Gasteiger partial charge in [-0.3, -0.25) is 9.59 Å². The summed E-state index contributed by atoms with van der Waals surface area (Å²) in [7, 11) is 1.47. The highest BCUT2D eigenvalue weighted by atomic mass is 16.5. The van der Waals surface area contributed by atoms with E-state index in [4.69, 9.17) is 4.74 Å². The standard InChI is InChI=1S/C21H23N5O4/c1-4-26-18-10-7-15(11-17(18)23-24-26)21(29)30-13-20(28)25(3)12-19(27)22-16-8-5-14(2)6-9-16/h5-11H,4,12-13H2,1-3H3,(H,22,27). The molecule has 2 amide bonds. The van der Waals surface area contributed by atoms with Crippen LogP contribution in [0.2, 0.25) is 0 Å². The molecule has 0 unspecified atom stereocenters. The molecule has 0 aliphatic carbocycles. The lowest BCUT2D eigenvalue weighted by Gasteiger charge is -2.17. The quantitative estimate of drug-likeness (QED) is 0.599. The topological polar surface area (TPSA) is 106 Å². The van der Waals surface area contributed by atoms with E-state index in [-0.39, 0.29) is 18.0 Å². The van der Waals surface area contributed by atoms with Crippen molar-refractivity contribution in [2.45, 2.75) is 20.4 Å². The number of fused-ring (bicyclic) bond motifs is 1. The molecule has 9 heteroatoms. The van der Waals surface area contributed by atoms with Gasteiger partial charge in [-0.05, 0) is 44.2 Å². The first-order valence-corrected chi connectivity index (χ1v) is 9.48. The van der Waals surface area contributed by atoms with E-state index in [9.17, 15) is 14.4 Å². The summed E-state index contributed by atoms with van der Waals surface area (Å²) in [5.74, 6) is -1.47. The number of esters is 1. The van der Waals surface area contributed by atoms with Gasteiger partial charge < -0.3 is 15.0 Å². The molecule has 30 heavy (non-hydrogen) atoms. The van der Waals surface area contributed by atoms with Crippen molar-refractivity contribution in [1.29, 1.82) is 0 Å². The van der Waals surface area contributed by atoms with Gasteiger partial charge in [-0.2, -0.15) is 0 Å². The summed E-state index contributed by atoms with van der Waals surface area (Å²) < 4.78 is 6.80. The minimum Gasteiger partial charge on any atom is -0.452 e. The van der Waals surface area contributed by atoms with Gasteiger partial charge in [0.15, 0.2) is 6.61 Å². The Morgan fingerprint density at radius 2 is 1.87 bits per heavy atom. The van der Waals surface area contributed by atoms with Gasteiger partial charge in [-0.25, -0.2) is 9.48 Å². The number of nitrogens with zero attached hydrogens (tertiary/aromatic N) is 4. The van der Waals surface area contributed by atoms with E-state index < -0.39 is 18.5 Å². The second kappa shape index (κ2) is 9.17. The summed E-state index contributed by atoms with van der Waals surface area (Å²) in [6.45, 7) is 3.94. The highest BCUT2D eigenvalue weighted by molar-refractivity contribution is 5.96. The van der Waals surface area contributed by atoms with E-state index in [0.29, 0.717) is 17.7 Å². The summed E-state index contributed by atoms with van der Waals surface area (Å²) in [5.41, 5.74) is 3.38. The van der Waals surface area contributed by atoms with Crippen LogP contribution in [0.5, 0.6) is 0 Å². The fourth-order valence-corrected chi connectivity index (χ4v) is 2.79. The van der Waals surface area contributed by atoms with Gasteiger partial charge in [0.05, 0.1) is 17.6 Å². The third kappa shape index (κ3) is 4.99. The Labute approximate surface area is 173 Å². The molecule has 2 aromatic carbocycles. The maximum Gasteiger partial charge on any atom is 0.338 e. The van der Waals surface area contributed by atoms with E-state index in [2.05, 4.69) is 15.6 Å². The second-order valence-electron chi connectivity index (χ2n) is 6.85. The average molecular weight is 409 g/mol. The summed E-state index contributed by atoms with van der Waals surface area (Å²) in [6, 6.07) is 12.2. The number of anilines is 1. The van der Waals surface area contributed by atoms with Crippen LogP contribution in [0.1, 0.15) is 22.8 Å². The molecule has 3 aromatic rings. The lowest BCUT2D eigenvalue weighted by Crippen LogP contribution is -2.37. The molecule has 0 bridgehead atoms. The van der Waals surface area contributed by atoms with Crippen molar-refractivity contribution in [1.82, 2.24) is 19.9 Å². The van der Waals surface area contributed by atoms with Crippen LogP contribution >= 0.6 is 0 Å². The Morgan fingerprint density at radius 3 is 2.57 bits per heavy atom. The Kier molecular flexibility index (Phi) is 6.41. The zero-order valence-electron chi connectivity index (χ0n) is 17.1. The smallest absolute Gasteiger partial charge is 0.338 e. The molecular formula is C21H23N5O4. The number of aromatic nitrogens is 3. The lowest BCUT2D eigenvalue weighted by atomic mass is 10.2. The van der Waals surface area contributed by atoms with E-state index in [0.717, 1.165) is 11.1 Å². The Bertz CT molecular complexity index is 1070. The molecule has 3 rings (SSSR count). The number of rotatable bonds is 7. The van der Waals surface area contributed by atoms with Crippen LogP contribution in [0, 0.1) is 6.92 Å². The molecular weight excluding hydrogens is 386 g/mol.